The molecule has 0 radical (unpaired) electrons. The van der Waals surface area contributed by atoms with Gasteiger partial charge in [-0.3, -0.25) is 0 Å². The van der Waals surface area contributed by atoms with Crippen LogP contribution in [0.2, 0.25) is 0 Å². The molecule has 0 aliphatic rings. The summed E-state index contributed by atoms with van der Waals surface area (Å²) in [6, 6.07) is 20.4. The number of pyridine rings is 1. The number of benzene rings is 2. The maximum atomic E-state index is 13.8. The third kappa shape index (κ3) is 2.93. The summed E-state index contributed by atoms with van der Waals surface area (Å²) in [7, 11) is -4.04. The van der Waals surface area contributed by atoms with Crippen LogP contribution in [0.5, 0.6) is 0 Å². The molecule has 0 spiro atoms. The van der Waals surface area contributed by atoms with Crippen molar-refractivity contribution < 1.29 is 13.5 Å². The molecule has 0 aliphatic carbocycles. The van der Waals surface area contributed by atoms with Crippen LogP contribution in [0.4, 0.5) is 0 Å². The van der Waals surface area contributed by atoms with Crippen LogP contribution in [0.1, 0.15) is 17.7 Å². The average Bonchev–Trinajstić information content (AvgIpc) is 3.45. The predicted molar refractivity (Wildman–Crippen MR) is 123 cm³/mol. The number of terminal acetylenes is 1. The Bertz CT molecular complexity index is 1590. The standard InChI is InChI=1S/C25H19N3O3S/c1-2-14-25(29,21-12-8-16-27-17-15-26-24(21)27)23-18-19-9-6-7-13-22(19)28(23)32(30,31)20-10-4-3-5-11-20/h1,3-13,15-18,29H,14H2. The molecule has 0 amide bonds. The van der Waals surface area contributed by atoms with Gasteiger partial charge in [0.2, 0.25) is 0 Å². The maximum Gasteiger partial charge on any atom is 0.268 e. The van der Waals surface area contributed by atoms with Crippen LogP contribution >= 0.6 is 0 Å². The molecule has 6 nitrogen and oxygen atoms in total. The van der Waals surface area contributed by atoms with Gasteiger partial charge in [0.15, 0.2) is 0 Å². The van der Waals surface area contributed by atoms with E-state index in [4.69, 9.17) is 6.42 Å². The summed E-state index contributed by atoms with van der Waals surface area (Å²) in [6.45, 7) is 0. The summed E-state index contributed by atoms with van der Waals surface area (Å²) in [5.74, 6) is 2.53. The Labute approximate surface area is 185 Å². The predicted octanol–water partition coefficient (Wildman–Crippen LogP) is 3.79. The topological polar surface area (TPSA) is 76.6 Å². The van der Waals surface area contributed by atoms with Gasteiger partial charge in [-0.15, -0.1) is 12.3 Å². The van der Waals surface area contributed by atoms with Crippen LogP contribution in [0.3, 0.4) is 0 Å². The van der Waals surface area contributed by atoms with Crippen LogP contribution in [-0.2, 0) is 15.6 Å². The molecular formula is C25H19N3O3S. The van der Waals surface area contributed by atoms with E-state index in [2.05, 4.69) is 10.9 Å². The van der Waals surface area contributed by atoms with Gasteiger partial charge in [-0.25, -0.2) is 17.4 Å². The van der Waals surface area contributed by atoms with Crippen molar-refractivity contribution in [1.29, 1.82) is 0 Å². The van der Waals surface area contributed by atoms with Crippen molar-refractivity contribution >= 4 is 26.6 Å². The van der Waals surface area contributed by atoms with E-state index in [9.17, 15) is 13.5 Å². The first-order chi connectivity index (χ1) is 15.5. The molecule has 3 aromatic heterocycles. The van der Waals surface area contributed by atoms with Gasteiger partial charge < -0.3 is 9.51 Å². The van der Waals surface area contributed by atoms with Gasteiger partial charge in [0.25, 0.3) is 10.0 Å². The Morgan fingerprint density at radius 1 is 1.00 bits per heavy atom. The average molecular weight is 442 g/mol. The lowest BCUT2D eigenvalue weighted by atomic mass is 9.88. The highest BCUT2D eigenvalue weighted by Gasteiger charge is 2.39. The van der Waals surface area contributed by atoms with Crippen LogP contribution in [0.15, 0.2) is 96.3 Å². The van der Waals surface area contributed by atoms with E-state index in [1.54, 1.807) is 71.5 Å². The normalized spacial score (nSPS) is 13.8. The SMILES string of the molecule is C#CCC(O)(c1cccn2ccnc12)c1cc2ccccc2n1S(=O)(=O)c1ccccc1. The molecule has 1 N–H and O–H groups in total. The highest BCUT2D eigenvalue weighted by Crippen LogP contribution is 2.39. The molecule has 158 valence electrons. The lowest BCUT2D eigenvalue weighted by Crippen LogP contribution is -2.32. The molecule has 0 fully saturated rings. The smallest absolute Gasteiger partial charge is 0.268 e. The first kappa shape index (κ1) is 20.1. The van der Waals surface area contributed by atoms with E-state index in [0.29, 0.717) is 22.1 Å². The molecule has 32 heavy (non-hydrogen) atoms. The highest BCUT2D eigenvalue weighted by molar-refractivity contribution is 7.90. The van der Waals surface area contributed by atoms with Gasteiger partial charge in [-0.2, -0.15) is 0 Å². The minimum absolute atomic E-state index is 0.115. The van der Waals surface area contributed by atoms with Crippen molar-refractivity contribution in [2.75, 3.05) is 0 Å². The van der Waals surface area contributed by atoms with E-state index in [1.165, 1.54) is 16.1 Å². The second kappa shape index (κ2) is 7.38. The quantitative estimate of drug-likeness (QED) is 0.421. The van der Waals surface area contributed by atoms with Gasteiger partial charge in [0, 0.05) is 36.0 Å². The molecule has 5 rings (SSSR count). The van der Waals surface area contributed by atoms with Crippen LogP contribution in [-0.4, -0.2) is 26.9 Å². The monoisotopic (exact) mass is 441 g/mol. The Kier molecular flexibility index (Phi) is 4.63. The number of hydrogen-bond acceptors (Lipinski definition) is 4. The van der Waals surface area contributed by atoms with Crippen LogP contribution < -0.4 is 0 Å². The third-order valence-electron chi connectivity index (χ3n) is 5.59. The van der Waals surface area contributed by atoms with Crippen LogP contribution in [0.25, 0.3) is 16.6 Å². The summed E-state index contributed by atoms with van der Waals surface area (Å²) in [5.41, 5.74) is -0.258. The van der Waals surface area contributed by atoms with Gasteiger partial charge in [-0.05, 0) is 30.3 Å². The lowest BCUT2D eigenvalue weighted by molar-refractivity contribution is 0.0823. The molecule has 0 saturated carbocycles. The molecule has 1 unspecified atom stereocenters. The van der Waals surface area contributed by atoms with Crippen molar-refractivity contribution in [2.45, 2.75) is 16.9 Å². The van der Waals surface area contributed by atoms with E-state index in [-0.39, 0.29) is 17.0 Å². The molecule has 7 heteroatoms. The van der Waals surface area contributed by atoms with Gasteiger partial charge >= 0.3 is 0 Å². The molecule has 3 heterocycles. The Morgan fingerprint density at radius 3 is 2.53 bits per heavy atom. The Morgan fingerprint density at radius 2 is 1.75 bits per heavy atom. The second-order valence-electron chi connectivity index (χ2n) is 7.49. The van der Waals surface area contributed by atoms with Gasteiger partial charge in [0.1, 0.15) is 11.2 Å². The molecule has 2 aromatic carbocycles. The summed E-state index contributed by atoms with van der Waals surface area (Å²) in [6.07, 6.45) is 10.7. The fraction of sp³-hybridized carbons (Fsp3) is 0.0800. The summed E-state index contributed by atoms with van der Waals surface area (Å²) >= 11 is 0. The highest BCUT2D eigenvalue weighted by atomic mass is 32.2. The van der Waals surface area contributed by atoms with E-state index < -0.39 is 15.6 Å². The number of imidazole rings is 1. The Balaban J connectivity index is 1.89. The molecule has 5 aromatic rings. The molecule has 0 saturated heterocycles. The number of rotatable bonds is 5. The van der Waals surface area contributed by atoms with Crippen LogP contribution in [0, 0.1) is 12.3 Å². The lowest BCUT2D eigenvalue weighted by Gasteiger charge is -2.28. The molecular weight excluding hydrogens is 422 g/mol. The van der Waals surface area contributed by atoms with Crippen molar-refractivity contribution in [3.05, 3.63) is 103 Å². The van der Waals surface area contributed by atoms with Crippen molar-refractivity contribution in [2.24, 2.45) is 0 Å². The molecule has 1 atom stereocenters. The molecule has 0 aliphatic heterocycles. The zero-order valence-corrected chi connectivity index (χ0v) is 17.8. The largest absolute Gasteiger partial charge is 0.378 e. The van der Waals surface area contributed by atoms with Gasteiger partial charge in [-0.1, -0.05) is 42.5 Å². The maximum absolute atomic E-state index is 13.8. The summed E-state index contributed by atoms with van der Waals surface area (Å²) < 4.78 is 30.6. The fourth-order valence-corrected chi connectivity index (χ4v) is 5.72. The minimum Gasteiger partial charge on any atom is -0.378 e. The summed E-state index contributed by atoms with van der Waals surface area (Å²) in [5, 5.41) is 12.8. The van der Waals surface area contributed by atoms with E-state index in [1.807, 2.05) is 12.1 Å². The second-order valence-corrected chi connectivity index (χ2v) is 9.28. The Hall–Kier alpha value is -3.86. The summed E-state index contributed by atoms with van der Waals surface area (Å²) in [4.78, 5) is 4.49. The first-order valence-electron chi connectivity index (χ1n) is 9.96. The fourth-order valence-electron chi connectivity index (χ4n) is 4.12. The number of hydrogen-bond donors (Lipinski definition) is 1. The van der Waals surface area contributed by atoms with Crippen molar-refractivity contribution in [1.82, 2.24) is 13.4 Å². The number of aliphatic hydroxyl groups is 1. The minimum atomic E-state index is -4.04. The van der Waals surface area contributed by atoms with E-state index in [0.717, 1.165) is 0 Å². The number of para-hydroxylation sites is 1. The number of fused-ring (bicyclic) bond motifs is 2. The number of nitrogens with zero attached hydrogens (tertiary/aromatic N) is 3. The third-order valence-corrected chi connectivity index (χ3v) is 7.34. The number of aromatic nitrogens is 3. The molecule has 0 bridgehead atoms. The van der Waals surface area contributed by atoms with Crippen molar-refractivity contribution in [3.8, 4) is 12.3 Å². The van der Waals surface area contributed by atoms with E-state index >= 15 is 0 Å². The zero-order chi connectivity index (χ0) is 22.3. The van der Waals surface area contributed by atoms with Crippen molar-refractivity contribution in [3.63, 3.8) is 0 Å². The first-order valence-corrected chi connectivity index (χ1v) is 11.4. The van der Waals surface area contributed by atoms with Gasteiger partial charge in [0.05, 0.1) is 16.1 Å². The zero-order valence-electron chi connectivity index (χ0n) is 17.0.